The summed E-state index contributed by atoms with van der Waals surface area (Å²) in [6.07, 6.45) is 1.11. The number of nitrogens with one attached hydrogen (secondary N) is 1. The monoisotopic (exact) mass is 528 g/mol. The Balaban J connectivity index is 1.37. The van der Waals surface area contributed by atoms with Gasteiger partial charge in [-0.3, -0.25) is 4.79 Å². The predicted octanol–water partition coefficient (Wildman–Crippen LogP) is 2.89. The van der Waals surface area contributed by atoms with Gasteiger partial charge < -0.3 is 4.98 Å². The SMILES string of the molecule is O=c1[nH]c(C2CCN(S(=O)(=O)c3cccc(Br)c3)CC2)nc2c1nnn2Cc1ccccc1. The van der Waals surface area contributed by atoms with Crippen LogP contribution in [0.25, 0.3) is 11.2 Å². The van der Waals surface area contributed by atoms with Crippen molar-refractivity contribution in [3.8, 4) is 0 Å². The molecule has 9 nitrogen and oxygen atoms in total. The number of aromatic nitrogens is 5. The lowest BCUT2D eigenvalue weighted by molar-refractivity contribution is 0.313. The Morgan fingerprint density at radius 2 is 1.82 bits per heavy atom. The maximum absolute atomic E-state index is 13.0. The molecule has 0 radical (unpaired) electrons. The lowest BCUT2D eigenvalue weighted by Gasteiger charge is -2.30. The van der Waals surface area contributed by atoms with Crippen molar-refractivity contribution in [3.05, 3.63) is 80.8 Å². The topological polar surface area (TPSA) is 114 Å². The second-order valence-electron chi connectivity index (χ2n) is 7.99. The number of benzene rings is 2. The summed E-state index contributed by atoms with van der Waals surface area (Å²) in [5.41, 5.74) is 1.32. The zero-order chi connectivity index (χ0) is 23.0. The molecule has 2 aromatic heterocycles. The average Bonchev–Trinajstić information content (AvgIpc) is 3.23. The number of sulfonamides is 1. The number of halogens is 1. The van der Waals surface area contributed by atoms with Gasteiger partial charge in [-0.2, -0.15) is 4.31 Å². The molecule has 0 bridgehead atoms. The minimum atomic E-state index is -3.58. The van der Waals surface area contributed by atoms with Crippen LogP contribution in [0.2, 0.25) is 0 Å². The van der Waals surface area contributed by atoms with Crippen molar-refractivity contribution in [1.29, 1.82) is 0 Å². The minimum Gasteiger partial charge on any atom is -0.308 e. The van der Waals surface area contributed by atoms with Gasteiger partial charge in [0.15, 0.2) is 11.2 Å². The maximum Gasteiger partial charge on any atom is 0.281 e. The largest absolute Gasteiger partial charge is 0.308 e. The number of piperidine rings is 1. The van der Waals surface area contributed by atoms with Gasteiger partial charge in [-0.15, -0.1) is 5.10 Å². The Labute approximate surface area is 198 Å². The van der Waals surface area contributed by atoms with Crippen LogP contribution in [-0.2, 0) is 16.6 Å². The number of H-pyrrole nitrogens is 1. The average molecular weight is 529 g/mol. The van der Waals surface area contributed by atoms with E-state index < -0.39 is 10.0 Å². The van der Waals surface area contributed by atoms with Crippen LogP contribution in [0.15, 0.2) is 68.8 Å². The molecule has 33 heavy (non-hydrogen) atoms. The molecule has 0 saturated carbocycles. The van der Waals surface area contributed by atoms with E-state index in [2.05, 4.69) is 36.2 Å². The number of aromatic amines is 1. The van der Waals surface area contributed by atoms with Crippen LogP contribution in [0.5, 0.6) is 0 Å². The van der Waals surface area contributed by atoms with Gasteiger partial charge in [0.2, 0.25) is 10.0 Å². The van der Waals surface area contributed by atoms with Gasteiger partial charge in [0.25, 0.3) is 5.56 Å². The molecule has 2 aromatic carbocycles. The summed E-state index contributed by atoms with van der Waals surface area (Å²) in [6.45, 7) is 1.15. The van der Waals surface area contributed by atoms with Gasteiger partial charge in [-0.1, -0.05) is 57.5 Å². The summed E-state index contributed by atoms with van der Waals surface area (Å²) in [4.78, 5) is 20.4. The second-order valence-corrected chi connectivity index (χ2v) is 10.8. The first-order chi connectivity index (χ1) is 15.9. The Morgan fingerprint density at radius 1 is 1.06 bits per heavy atom. The van der Waals surface area contributed by atoms with Gasteiger partial charge in [0.1, 0.15) is 5.82 Å². The molecule has 11 heteroatoms. The molecule has 3 heterocycles. The van der Waals surface area contributed by atoms with E-state index in [1.807, 2.05) is 30.3 Å². The van der Waals surface area contributed by atoms with Crippen molar-refractivity contribution < 1.29 is 8.42 Å². The van der Waals surface area contributed by atoms with Crippen LogP contribution in [0.4, 0.5) is 0 Å². The predicted molar refractivity (Wildman–Crippen MR) is 126 cm³/mol. The number of fused-ring (bicyclic) bond motifs is 1. The Bertz CT molecular complexity index is 1460. The molecule has 0 unspecified atom stereocenters. The third kappa shape index (κ3) is 4.35. The van der Waals surface area contributed by atoms with Crippen molar-refractivity contribution in [3.63, 3.8) is 0 Å². The minimum absolute atomic E-state index is 0.0591. The highest BCUT2D eigenvalue weighted by Crippen LogP contribution is 2.29. The molecule has 0 spiro atoms. The molecular weight excluding hydrogens is 508 g/mol. The lowest BCUT2D eigenvalue weighted by atomic mass is 9.97. The van der Waals surface area contributed by atoms with E-state index in [1.165, 1.54) is 4.31 Å². The summed E-state index contributed by atoms with van der Waals surface area (Å²) < 4.78 is 29.8. The molecule has 0 amide bonds. The van der Waals surface area contributed by atoms with Crippen LogP contribution < -0.4 is 5.56 Å². The quantitative estimate of drug-likeness (QED) is 0.426. The van der Waals surface area contributed by atoms with E-state index >= 15 is 0 Å². The van der Waals surface area contributed by atoms with Crippen molar-refractivity contribution in [2.75, 3.05) is 13.1 Å². The molecule has 1 aliphatic rings. The lowest BCUT2D eigenvalue weighted by Crippen LogP contribution is -2.38. The van der Waals surface area contributed by atoms with E-state index in [4.69, 9.17) is 0 Å². The zero-order valence-electron chi connectivity index (χ0n) is 17.6. The Hall–Kier alpha value is -2.89. The van der Waals surface area contributed by atoms with Crippen LogP contribution in [-0.4, -0.2) is 50.8 Å². The normalized spacial score (nSPS) is 15.8. The van der Waals surface area contributed by atoms with Gasteiger partial charge in [0.05, 0.1) is 11.4 Å². The molecule has 1 fully saturated rings. The Kier molecular flexibility index (Phi) is 5.85. The van der Waals surface area contributed by atoms with E-state index in [9.17, 15) is 13.2 Å². The van der Waals surface area contributed by atoms with E-state index in [1.54, 1.807) is 28.9 Å². The highest BCUT2D eigenvalue weighted by Gasteiger charge is 2.31. The number of hydrogen-bond donors (Lipinski definition) is 1. The molecule has 1 saturated heterocycles. The summed E-state index contributed by atoms with van der Waals surface area (Å²) in [5.74, 6) is 0.486. The molecule has 0 aliphatic carbocycles. The fourth-order valence-electron chi connectivity index (χ4n) is 4.09. The number of rotatable bonds is 5. The zero-order valence-corrected chi connectivity index (χ0v) is 20.0. The fourth-order valence-corrected chi connectivity index (χ4v) is 6.15. The van der Waals surface area contributed by atoms with Crippen molar-refractivity contribution in [2.24, 2.45) is 0 Å². The van der Waals surface area contributed by atoms with E-state index in [0.29, 0.717) is 48.4 Å². The first kappa shape index (κ1) is 21.9. The van der Waals surface area contributed by atoms with Crippen LogP contribution in [0.3, 0.4) is 0 Å². The number of hydrogen-bond acceptors (Lipinski definition) is 6. The highest BCUT2D eigenvalue weighted by molar-refractivity contribution is 9.10. The van der Waals surface area contributed by atoms with Crippen LogP contribution in [0, 0.1) is 0 Å². The first-order valence-corrected chi connectivity index (χ1v) is 12.8. The summed E-state index contributed by atoms with van der Waals surface area (Å²) in [6, 6.07) is 16.5. The van der Waals surface area contributed by atoms with E-state index in [0.717, 1.165) is 5.56 Å². The van der Waals surface area contributed by atoms with Gasteiger partial charge in [-0.25, -0.2) is 18.1 Å². The molecule has 1 aliphatic heterocycles. The second kappa shape index (κ2) is 8.81. The first-order valence-electron chi connectivity index (χ1n) is 10.5. The van der Waals surface area contributed by atoms with Gasteiger partial charge >= 0.3 is 0 Å². The van der Waals surface area contributed by atoms with Crippen molar-refractivity contribution in [1.82, 2.24) is 29.3 Å². The third-order valence-corrected chi connectivity index (χ3v) is 8.23. The summed E-state index contributed by atoms with van der Waals surface area (Å²) in [7, 11) is -3.58. The van der Waals surface area contributed by atoms with Crippen LogP contribution in [0.1, 0.15) is 30.1 Å². The van der Waals surface area contributed by atoms with Gasteiger partial charge in [-0.05, 0) is 36.6 Å². The van der Waals surface area contributed by atoms with Crippen LogP contribution >= 0.6 is 15.9 Å². The van der Waals surface area contributed by atoms with Gasteiger partial charge in [0, 0.05) is 23.5 Å². The fraction of sp³-hybridized carbons (Fsp3) is 0.273. The highest BCUT2D eigenvalue weighted by atomic mass is 79.9. The molecule has 5 rings (SSSR count). The Morgan fingerprint density at radius 3 is 2.55 bits per heavy atom. The molecular formula is C22H21BrN6O3S. The molecule has 4 aromatic rings. The molecule has 0 atom stereocenters. The maximum atomic E-state index is 13.0. The third-order valence-electron chi connectivity index (χ3n) is 5.84. The summed E-state index contributed by atoms with van der Waals surface area (Å²) >= 11 is 3.33. The number of nitrogens with zero attached hydrogens (tertiary/aromatic N) is 5. The van der Waals surface area contributed by atoms with Crippen molar-refractivity contribution >= 4 is 37.1 Å². The smallest absolute Gasteiger partial charge is 0.281 e. The molecule has 170 valence electrons. The standard InChI is InChI=1S/C22H21BrN6O3S/c23-17-7-4-8-18(13-17)33(31,32)28-11-9-16(10-12-28)20-24-21-19(22(30)25-20)26-27-29(21)14-15-5-2-1-3-6-15/h1-8,13,16H,9-12,14H2,(H,24,25,30). The summed E-state index contributed by atoms with van der Waals surface area (Å²) in [5, 5.41) is 8.12. The van der Waals surface area contributed by atoms with Crippen molar-refractivity contribution in [2.45, 2.75) is 30.2 Å². The molecule has 1 N–H and O–H groups in total. The van der Waals surface area contributed by atoms with E-state index in [-0.39, 0.29) is 21.9 Å².